The first kappa shape index (κ1) is 30.0. The number of anilines is 1. The van der Waals surface area contributed by atoms with Gasteiger partial charge in [0.15, 0.2) is 0 Å². The van der Waals surface area contributed by atoms with Gasteiger partial charge in [-0.25, -0.2) is 8.42 Å². The van der Waals surface area contributed by atoms with Crippen LogP contribution in [0.25, 0.3) is 0 Å². The second kappa shape index (κ2) is 12.9. The molecule has 36 heavy (non-hydrogen) atoms. The highest BCUT2D eigenvalue weighted by Crippen LogP contribution is 2.30. The molecule has 198 valence electrons. The number of amides is 2. The molecular weight excluding hydrogens is 549 g/mol. The second-order valence-corrected chi connectivity index (χ2v) is 11.5. The van der Waals surface area contributed by atoms with E-state index in [4.69, 9.17) is 39.5 Å². The van der Waals surface area contributed by atoms with Gasteiger partial charge in [0, 0.05) is 22.6 Å². The Labute approximate surface area is 227 Å². The van der Waals surface area contributed by atoms with Crippen LogP contribution in [0.1, 0.15) is 32.8 Å². The van der Waals surface area contributed by atoms with Crippen molar-refractivity contribution in [1.29, 1.82) is 0 Å². The van der Waals surface area contributed by atoms with E-state index in [2.05, 4.69) is 5.32 Å². The van der Waals surface area contributed by atoms with Gasteiger partial charge in [0.25, 0.3) is 0 Å². The molecule has 0 saturated carbocycles. The molecule has 12 heteroatoms. The van der Waals surface area contributed by atoms with Gasteiger partial charge in [-0.1, -0.05) is 47.8 Å². The minimum atomic E-state index is -3.90. The molecule has 0 aliphatic rings. The zero-order chi connectivity index (χ0) is 27.2. The van der Waals surface area contributed by atoms with Crippen molar-refractivity contribution in [2.45, 2.75) is 45.8 Å². The van der Waals surface area contributed by atoms with Crippen LogP contribution in [0.4, 0.5) is 5.69 Å². The monoisotopic (exact) mass is 577 g/mol. The van der Waals surface area contributed by atoms with Crippen LogP contribution in [0.3, 0.4) is 0 Å². The van der Waals surface area contributed by atoms with Crippen LogP contribution in [-0.4, -0.2) is 57.1 Å². The Morgan fingerprint density at radius 2 is 1.72 bits per heavy atom. The van der Waals surface area contributed by atoms with Crippen molar-refractivity contribution in [2.24, 2.45) is 0 Å². The van der Waals surface area contributed by atoms with Crippen LogP contribution in [0, 0.1) is 0 Å². The fourth-order valence-electron chi connectivity index (χ4n) is 3.31. The number of hydrogen-bond acceptors (Lipinski definition) is 5. The number of nitrogens with one attached hydrogen (secondary N) is 1. The van der Waals surface area contributed by atoms with E-state index in [0.717, 1.165) is 10.6 Å². The normalized spacial score (nSPS) is 13.0. The number of methoxy groups -OCH3 is 1. The molecule has 0 saturated heterocycles. The number of carbonyl (C=O) groups is 2. The fourth-order valence-corrected chi connectivity index (χ4v) is 4.87. The molecule has 0 heterocycles. The summed E-state index contributed by atoms with van der Waals surface area (Å²) in [5.41, 5.74) is 0.730. The molecule has 2 aromatic rings. The molecule has 0 aliphatic heterocycles. The number of rotatable bonds is 11. The number of ether oxygens (including phenoxy) is 1. The second-order valence-electron chi connectivity index (χ2n) is 8.34. The van der Waals surface area contributed by atoms with Gasteiger partial charge in [0.2, 0.25) is 21.8 Å². The van der Waals surface area contributed by atoms with Crippen LogP contribution >= 0.6 is 34.8 Å². The minimum Gasteiger partial charge on any atom is -0.495 e. The van der Waals surface area contributed by atoms with Crippen molar-refractivity contribution < 1.29 is 22.7 Å². The van der Waals surface area contributed by atoms with E-state index in [-0.39, 0.29) is 29.2 Å². The average molecular weight is 579 g/mol. The van der Waals surface area contributed by atoms with E-state index in [0.29, 0.717) is 27.8 Å². The van der Waals surface area contributed by atoms with Gasteiger partial charge >= 0.3 is 0 Å². The number of hydrogen-bond donors (Lipinski definition) is 1. The van der Waals surface area contributed by atoms with E-state index in [1.807, 2.05) is 13.8 Å². The van der Waals surface area contributed by atoms with Crippen molar-refractivity contribution in [3.63, 3.8) is 0 Å². The summed E-state index contributed by atoms with van der Waals surface area (Å²) in [6.07, 6.45) is 1.69. The third-order valence-corrected chi connectivity index (χ3v) is 7.65. The van der Waals surface area contributed by atoms with Crippen LogP contribution in [-0.2, 0) is 26.2 Å². The van der Waals surface area contributed by atoms with Gasteiger partial charge < -0.3 is 15.0 Å². The van der Waals surface area contributed by atoms with Gasteiger partial charge in [-0.2, -0.15) is 0 Å². The standard InChI is InChI=1S/C24H30Cl3N3O5S/c1-6-15(2)28-24(32)16(3)29(13-17-7-8-18(25)11-20(17)26)23(31)14-30(36(5,33)34)19-9-10-22(35-4)21(27)12-19/h7-12,15-16H,6,13-14H2,1-5H3,(H,28,32)/t15-,16+/m1/s1. The van der Waals surface area contributed by atoms with Crippen molar-refractivity contribution >= 4 is 62.3 Å². The summed E-state index contributed by atoms with van der Waals surface area (Å²) in [5, 5.41) is 3.78. The van der Waals surface area contributed by atoms with Crippen molar-refractivity contribution in [2.75, 3.05) is 24.2 Å². The Kier molecular flexibility index (Phi) is 10.7. The summed E-state index contributed by atoms with van der Waals surface area (Å²) < 4.78 is 31.4. The molecule has 0 aromatic heterocycles. The molecule has 2 aromatic carbocycles. The Morgan fingerprint density at radius 1 is 1.06 bits per heavy atom. The molecular formula is C24H30Cl3N3O5S. The van der Waals surface area contributed by atoms with Gasteiger partial charge in [0.1, 0.15) is 18.3 Å². The molecule has 2 amide bonds. The zero-order valence-electron chi connectivity index (χ0n) is 20.7. The maximum atomic E-state index is 13.6. The first-order valence-electron chi connectivity index (χ1n) is 11.1. The van der Waals surface area contributed by atoms with E-state index in [1.54, 1.807) is 19.1 Å². The SMILES string of the molecule is CC[C@@H](C)NC(=O)[C@H](C)N(Cc1ccc(Cl)cc1Cl)C(=O)CN(c1ccc(OC)c(Cl)c1)S(C)(=O)=O. The van der Waals surface area contributed by atoms with Gasteiger partial charge in [0.05, 0.1) is 24.1 Å². The summed E-state index contributed by atoms with van der Waals surface area (Å²) in [6, 6.07) is 8.18. The third-order valence-electron chi connectivity index (χ3n) is 5.63. The third kappa shape index (κ3) is 7.90. The highest BCUT2D eigenvalue weighted by molar-refractivity contribution is 7.92. The zero-order valence-corrected chi connectivity index (χ0v) is 23.8. The number of halogens is 3. The van der Waals surface area contributed by atoms with E-state index < -0.39 is 28.5 Å². The molecule has 0 spiro atoms. The Bertz CT molecular complexity index is 1210. The summed E-state index contributed by atoms with van der Waals surface area (Å²) in [5.74, 6) is -0.624. The van der Waals surface area contributed by atoms with Crippen LogP contribution in [0.5, 0.6) is 5.75 Å². The number of carbonyl (C=O) groups excluding carboxylic acids is 2. The predicted molar refractivity (Wildman–Crippen MR) is 145 cm³/mol. The van der Waals surface area contributed by atoms with Crippen LogP contribution in [0.15, 0.2) is 36.4 Å². The van der Waals surface area contributed by atoms with E-state index in [9.17, 15) is 18.0 Å². The lowest BCUT2D eigenvalue weighted by atomic mass is 10.1. The Morgan fingerprint density at radius 3 is 2.25 bits per heavy atom. The molecule has 1 N–H and O–H groups in total. The van der Waals surface area contributed by atoms with E-state index >= 15 is 0 Å². The van der Waals surface area contributed by atoms with Gasteiger partial charge in [-0.15, -0.1) is 0 Å². The lowest BCUT2D eigenvalue weighted by Crippen LogP contribution is -2.52. The summed E-state index contributed by atoms with van der Waals surface area (Å²) in [4.78, 5) is 27.8. The van der Waals surface area contributed by atoms with E-state index in [1.165, 1.54) is 36.3 Å². The van der Waals surface area contributed by atoms with Crippen molar-refractivity contribution in [3.8, 4) is 5.75 Å². The molecule has 0 aliphatic carbocycles. The van der Waals surface area contributed by atoms with Crippen molar-refractivity contribution in [1.82, 2.24) is 10.2 Å². The molecule has 0 fully saturated rings. The highest BCUT2D eigenvalue weighted by atomic mass is 35.5. The highest BCUT2D eigenvalue weighted by Gasteiger charge is 2.31. The first-order valence-corrected chi connectivity index (χ1v) is 14.1. The molecule has 0 bridgehead atoms. The Balaban J connectivity index is 2.45. The van der Waals surface area contributed by atoms with Gasteiger partial charge in [-0.05, 0) is 56.2 Å². The first-order chi connectivity index (χ1) is 16.8. The lowest BCUT2D eigenvalue weighted by molar-refractivity contribution is -0.139. The minimum absolute atomic E-state index is 0.0368. The summed E-state index contributed by atoms with van der Waals surface area (Å²) >= 11 is 18.5. The maximum Gasteiger partial charge on any atom is 0.244 e. The maximum absolute atomic E-state index is 13.6. The largest absolute Gasteiger partial charge is 0.495 e. The van der Waals surface area contributed by atoms with Crippen LogP contribution in [0.2, 0.25) is 15.1 Å². The molecule has 2 atom stereocenters. The molecule has 0 unspecified atom stereocenters. The fraction of sp³-hybridized carbons (Fsp3) is 0.417. The molecule has 0 radical (unpaired) electrons. The van der Waals surface area contributed by atoms with Gasteiger partial charge in [-0.3, -0.25) is 13.9 Å². The molecule has 8 nitrogen and oxygen atoms in total. The van der Waals surface area contributed by atoms with Crippen molar-refractivity contribution in [3.05, 3.63) is 57.0 Å². The smallest absolute Gasteiger partial charge is 0.244 e. The Hall–Kier alpha value is -2.20. The summed E-state index contributed by atoms with van der Waals surface area (Å²) in [6.45, 7) is 4.76. The quantitative estimate of drug-likeness (QED) is 0.415. The number of nitrogens with zero attached hydrogens (tertiary/aromatic N) is 2. The summed E-state index contributed by atoms with van der Waals surface area (Å²) in [7, 11) is -2.46. The van der Waals surface area contributed by atoms with Crippen LogP contribution < -0.4 is 14.4 Å². The lowest BCUT2D eigenvalue weighted by Gasteiger charge is -2.32. The number of sulfonamides is 1. The topological polar surface area (TPSA) is 96.0 Å². The molecule has 2 rings (SSSR count). The predicted octanol–water partition coefficient (Wildman–Crippen LogP) is 4.75. The average Bonchev–Trinajstić information content (AvgIpc) is 2.80. The number of benzene rings is 2.